The van der Waals surface area contributed by atoms with Gasteiger partial charge >= 0.3 is 5.97 Å². The predicted octanol–water partition coefficient (Wildman–Crippen LogP) is 3.46. The maximum atomic E-state index is 11.5. The van der Waals surface area contributed by atoms with Crippen LogP contribution < -0.4 is 9.64 Å². The first-order chi connectivity index (χ1) is 12.5. The van der Waals surface area contributed by atoms with Crippen LogP contribution in [0.3, 0.4) is 0 Å². The smallest absolute Gasteiger partial charge is 0.337 e. The van der Waals surface area contributed by atoms with Crippen LogP contribution in [-0.2, 0) is 11.3 Å². The number of rotatable bonds is 6. The molecule has 3 aromatic rings. The van der Waals surface area contributed by atoms with Crippen LogP contribution in [0.4, 0.5) is 5.82 Å². The summed E-state index contributed by atoms with van der Waals surface area (Å²) in [6.07, 6.45) is 1.99. The van der Waals surface area contributed by atoms with E-state index >= 15 is 0 Å². The lowest BCUT2D eigenvalue weighted by Gasteiger charge is -2.17. The van der Waals surface area contributed by atoms with Gasteiger partial charge in [-0.2, -0.15) is 0 Å². The summed E-state index contributed by atoms with van der Waals surface area (Å²) in [4.78, 5) is 18.3. The number of pyridine rings is 1. The van der Waals surface area contributed by atoms with Crippen LogP contribution in [0.25, 0.3) is 5.65 Å². The monoisotopic (exact) mass is 353 g/mol. The molecule has 0 spiro atoms. The summed E-state index contributed by atoms with van der Waals surface area (Å²) in [7, 11) is 3.42. The molecule has 0 aliphatic carbocycles. The Balaban J connectivity index is 1.82. The minimum absolute atomic E-state index is 0.345. The average molecular weight is 353 g/mol. The SMILES string of the molecule is CCN(C)c1c(C)nc2c(OCc3ccc(C(=O)OC)cc3)cccn12. The van der Waals surface area contributed by atoms with Crippen LogP contribution >= 0.6 is 0 Å². The van der Waals surface area contributed by atoms with Gasteiger partial charge in [0.05, 0.1) is 18.4 Å². The third-order valence-corrected chi connectivity index (χ3v) is 4.36. The summed E-state index contributed by atoms with van der Waals surface area (Å²) < 4.78 is 12.8. The van der Waals surface area contributed by atoms with E-state index in [1.54, 1.807) is 12.1 Å². The van der Waals surface area contributed by atoms with Crippen molar-refractivity contribution in [3.63, 3.8) is 0 Å². The second-order valence-electron chi connectivity index (χ2n) is 6.08. The van der Waals surface area contributed by atoms with Crippen LogP contribution in [0.1, 0.15) is 28.5 Å². The normalized spacial score (nSPS) is 10.8. The highest BCUT2D eigenvalue weighted by atomic mass is 16.5. The Hall–Kier alpha value is -3.02. The maximum absolute atomic E-state index is 11.5. The first-order valence-corrected chi connectivity index (χ1v) is 8.54. The summed E-state index contributed by atoms with van der Waals surface area (Å²) in [5, 5.41) is 0. The molecule has 1 aromatic carbocycles. The van der Waals surface area contributed by atoms with Gasteiger partial charge in [-0.3, -0.25) is 4.40 Å². The number of benzene rings is 1. The van der Waals surface area contributed by atoms with Crippen molar-refractivity contribution in [3.05, 3.63) is 59.4 Å². The van der Waals surface area contributed by atoms with Crippen molar-refractivity contribution in [2.45, 2.75) is 20.5 Å². The minimum Gasteiger partial charge on any atom is -0.485 e. The van der Waals surface area contributed by atoms with E-state index in [2.05, 4.69) is 21.2 Å². The van der Waals surface area contributed by atoms with Gasteiger partial charge in [-0.05, 0) is 43.7 Å². The molecule has 0 radical (unpaired) electrons. The zero-order chi connectivity index (χ0) is 18.7. The molecule has 2 aromatic heterocycles. The van der Waals surface area contributed by atoms with E-state index in [4.69, 9.17) is 9.47 Å². The van der Waals surface area contributed by atoms with Crippen molar-refractivity contribution >= 4 is 17.4 Å². The highest BCUT2D eigenvalue weighted by molar-refractivity contribution is 5.89. The average Bonchev–Trinajstić information content (AvgIpc) is 3.01. The standard InChI is InChI=1S/C20H23N3O3/c1-5-22(3)19-14(2)21-18-17(7-6-12-23(18)19)26-13-15-8-10-16(11-9-15)20(24)25-4/h6-12H,5,13H2,1-4H3. The summed E-state index contributed by atoms with van der Waals surface area (Å²) in [6.45, 7) is 5.40. The molecule has 0 saturated carbocycles. The fraction of sp³-hybridized carbons (Fsp3) is 0.300. The number of anilines is 1. The second-order valence-corrected chi connectivity index (χ2v) is 6.08. The van der Waals surface area contributed by atoms with Gasteiger partial charge in [0.1, 0.15) is 12.4 Å². The number of carbonyl (C=O) groups is 1. The van der Waals surface area contributed by atoms with Crippen molar-refractivity contribution < 1.29 is 14.3 Å². The van der Waals surface area contributed by atoms with E-state index in [9.17, 15) is 4.79 Å². The molecule has 0 fully saturated rings. The molecule has 6 nitrogen and oxygen atoms in total. The first kappa shape index (κ1) is 17.8. The summed E-state index contributed by atoms with van der Waals surface area (Å²) >= 11 is 0. The number of fused-ring (bicyclic) bond motifs is 1. The van der Waals surface area contributed by atoms with Crippen LogP contribution in [0.15, 0.2) is 42.6 Å². The van der Waals surface area contributed by atoms with Gasteiger partial charge in [0.15, 0.2) is 11.4 Å². The lowest BCUT2D eigenvalue weighted by atomic mass is 10.1. The van der Waals surface area contributed by atoms with Crippen LogP contribution in [0, 0.1) is 6.92 Å². The highest BCUT2D eigenvalue weighted by Crippen LogP contribution is 2.27. The fourth-order valence-electron chi connectivity index (χ4n) is 2.88. The Morgan fingerprint density at radius 3 is 2.62 bits per heavy atom. The number of ether oxygens (including phenoxy) is 2. The molecule has 2 heterocycles. The Bertz CT molecular complexity index is 916. The Morgan fingerprint density at radius 2 is 1.96 bits per heavy atom. The molecular weight excluding hydrogens is 330 g/mol. The van der Waals surface area contributed by atoms with E-state index in [-0.39, 0.29) is 5.97 Å². The third kappa shape index (κ3) is 3.35. The fourth-order valence-corrected chi connectivity index (χ4v) is 2.88. The lowest BCUT2D eigenvalue weighted by Crippen LogP contribution is -2.18. The van der Waals surface area contributed by atoms with Crippen molar-refractivity contribution in [3.8, 4) is 5.75 Å². The number of methoxy groups -OCH3 is 1. The maximum Gasteiger partial charge on any atom is 0.337 e. The van der Waals surface area contributed by atoms with Gasteiger partial charge in [0.2, 0.25) is 0 Å². The summed E-state index contributed by atoms with van der Waals surface area (Å²) in [5.41, 5.74) is 3.25. The second kappa shape index (κ2) is 7.47. The largest absolute Gasteiger partial charge is 0.485 e. The minimum atomic E-state index is -0.345. The molecule has 0 bridgehead atoms. The van der Waals surface area contributed by atoms with E-state index in [1.165, 1.54) is 7.11 Å². The molecule has 0 aliphatic rings. The molecular formula is C20H23N3O3. The highest BCUT2D eigenvalue weighted by Gasteiger charge is 2.15. The predicted molar refractivity (Wildman–Crippen MR) is 101 cm³/mol. The third-order valence-electron chi connectivity index (χ3n) is 4.36. The van der Waals surface area contributed by atoms with Crippen molar-refractivity contribution in [2.24, 2.45) is 0 Å². The molecule has 0 N–H and O–H groups in total. The van der Waals surface area contributed by atoms with Crippen molar-refractivity contribution in [1.82, 2.24) is 9.38 Å². The lowest BCUT2D eigenvalue weighted by molar-refractivity contribution is 0.0600. The zero-order valence-corrected chi connectivity index (χ0v) is 15.5. The van der Waals surface area contributed by atoms with Gasteiger partial charge in [0, 0.05) is 19.8 Å². The van der Waals surface area contributed by atoms with Gasteiger partial charge in [-0.1, -0.05) is 12.1 Å². The zero-order valence-electron chi connectivity index (χ0n) is 15.5. The number of hydrogen-bond acceptors (Lipinski definition) is 5. The number of aromatic nitrogens is 2. The molecule has 6 heteroatoms. The van der Waals surface area contributed by atoms with E-state index in [0.29, 0.717) is 12.2 Å². The number of esters is 1. The Morgan fingerprint density at radius 1 is 1.23 bits per heavy atom. The van der Waals surface area contributed by atoms with Crippen molar-refractivity contribution in [1.29, 1.82) is 0 Å². The number of aryl methyl sites for hydroxylation is 1. The molecule has 0 saturated heterocycles. The van der Waals surface area contributed by atoms with Gasteiger partial charge < -0.3 is 14.4 Å². The Labute approximate surface area is 153 Å². The first-order valence-electron chi connectivity index (χ1n) is 8.54. The quantitative estimate of drug-likeness (QED) is 0.635. The van der Waals surface area contributed by atoms with E-state index < -0.39 is 0 Å². The topological polar surface area (TPSA) is 56.1 Å². The summed E-state index contributed by atoms with van der Waals surface area (Å²) in [5.74, 6) is 1.45. The van der Waals surface area contributed by atoms with Gasteiger partial charge in [-0.25, -0.2) is 9.78 Å². The molecule has 0 atom stereocenters. The van der Waals surface area contributed by atoms with Crippen LogP contribution in [0.5, 0.6) is 5.75 Å². The molecule has 0 unspecified atom stereocenters. The molecule has 3 rings (SSSR count). The molecule has 0 aliphatic heterocycles. The van der Waals surface area contributed by atoms with Crippen molar-refractivity contribution in [2.75, 3.05) is 25.6 Å². The number of carbonyl (C=O) groups excluding carboxylic acids is 1. The molecule has 0 amide bonds. The molecule has 136 valence electrons. The Kier molecular flexibility index (Phi) is 5.11. The molecule has 26 heavy (non-hydrogen) atoms. The number of imidazole rings is 1. The van der Waals surface area contributed by atoms with E-state index in [1.807, 2.05) is 44.4 Å². The van der Waals surface area contributed by atoms with Crippen LogP contribution in [0.2, 0.25) is 0 Å². The van der Waals surface area contributed by atoms with E-state index in [0.717, 1.165) is 35.0 Å². The van der Waals surface area contributed by atoms with Crippen LogP contribution in [-0.4, -0.2) is 36.1 Å². The van der Waals surface area contributed by atoms with Gasteiger partial charge in [-0.15, -0.1) is 0 Å². The van der Waals surface area contributed by atoms with Gasteiger partial charge in [0.25, 0.3) is 0 Å². The number of nitrogens with zero attached hydrogens (tertiary/aromatic N) is 3. The number of hydrogen-bond donors (Lipinski definition) is 0. The summed E-state index contributed by atoms with van der Waals surface area (Å²) in [6, 6.07) is 11.1.